The average molecular weight is 324 g/mol. The van der Waals surface area contributed by atoms with E-state index in [4.69, 9.17) is 21.4 Å². The Bertz CT molecular complexity index is 703. The lowest BCUT2D eigenvalue weighted by Crippen LogP contribution is -2.20. The average Bonchev–Trinajstić information content (AvgIpc) is 2.47. The predicted octanol–water partition coefficient (Wildman–Crippen LogP) is 3.19. The number of carbonyl (C=O) groups excluding carboxylic acids is 1. The second-order valence-corrected chi connectivity index (χ2v) is 4.73. The number of hydrogen-bond acceptors (Lipinski definition) is 3. The zero-order valence-electron chi connectivity index (χ0n) is 11.2. The largest absolute Gasteiger partial charge is 0.483 e. The molecule has 0 atom stereocenters. The van der Waals surface area contributed by atoms with E-state index in [1.165, 1.54) is 42.5 Å². The highest BCUT2D eigenvalue weighted by Gasteiger charge is 2.13. The van der Waals surface area contributed by atoms with E-state index in [1.54, 1.807) is 0 Å². The summed E-state index contributed by atoms with van der Waals surface area (Å²) < 4.78 is 17.9. The highest BCUT2D eigenvalue weighted by atomic mass is 35.5. The molecule has 5 nitrogen and oxygen atoms in total. The molecule has 0 saturated heterocycles. The minimum atomic E-state index is -1.19. The second-order valence-electron chi connectivity index (χ2n) is 4.29. The summed E-state index contributed by atoms with van der Waals surface area (Å²) in [6.07, 6.45) is 0. The Balaban J connectivity index is 2.00. The van der Waals surface area contributed by atoms with Gasteiger partial charge in [-0.1, -0.05) is 11.6 Å². The topological polar surface area (TPSA) is 75.6 Å². The minimum Gasteiger partial charge on any atom is -0.483 e. The van der Waals surface area contributed by atoms with Crippen LogP contribution in [0.3, 0.4) is 0 Å². The summed E-state index contributed by atoms with van der Waals surface area (Å²) in [6, 6.07) is 9.22. The van der Waals surface area contributed by atoms with Crippen LogP contribution in [0.15, 0.2) is 42.5 Å². The van der Waals surface area contributed by atoms with Crippen LogP contribution in [0.2, 0.25) is 5.02 Å². The summed E-state index contributed by atoms with van der Waals surface area (Å²) in [7, 11) is 0. The Morgan fingerprint density at radius 1 is 1.18 bits per heavy atom. The number of halogens is 2. The van der Waals surface area contributed by atoms with Gasteiger partial charge < -0.3 is 15.2 Å². The van der Waals surface area contributed by atoms with Crippen molar-refractivity contribution in [1.29, 1.82) is 0 Å². The molecule has 0 heterocycles. The number of nitrogens with one attached hydrogen (secondary N) is 1. The van der Waals surface area contributed by atoms with E-state index >= 15 is 0 Å². The lowest BCUT2D eigenvalue weighted by Gasteiger charge is -2.10. The number of amides is 1. The lowest BCUT2D eigenvalue weighted by molar-refractivity contribution is -0.118. The minimum absolute atomic E-state index is 0.00532. The van der Waals surface area contributed by atoms with Gasteiger partial charge in [0.2, 0.25) is 0 Å². The summed E-state index contributed by atoms with van der Waals surface area (Å²) in [5, 5.41) is 11.8. The molecule has 0 aromatic heterocycles. The molecule has 0 bridgehead atoms. The molecule has 0 spiro atoms. The van der Waals surface area contributed by atoms with Crippen molar-refractivity contribution in [2.45, 2.75) is 0 Å². The molecule has 22 heavy (non-hydrogen) atoms. The van der Waals surface area contributed by atoms with E-state index in [-0.39, 0.29) is 11.3 Å². The fraction of sp³-hybridized carbons (Fsp3) is 0.0667. The third-order valence-electron chi connectivity index (χ3n) is 2.66. The van der Waals surface area contributed by atoms with E-state index in [0.717, 1.165) is 0 Å². The first-order valence-corrected chi connectivity index (χ1v) is 6.54. The fourth-order valence-corrected chi connectivity index (χ4v) is 1.83. The molecule has 114 valence electrons. The van der Waals surface area contributed by atoms with E-state index in [0.29, 0.717) is 10.7 Å². The maximum absolute atomic E-state index is 12.7. The van der Waals surface area contributed by atoms with Crippen LogP contribution in [-0.4, -0.2) is 23.6 Å². The summed E-state index contributed by atoms with van der Waals surface area (Å²) in [5.74, 6) is -2.12. The maximum atomic E-state index is 12.7. The van der Waals surface area contributed by atoms with Gasteiger partial charge in [0.25, 0.3) is 5.91 Å². The number of aromatic carboxylic acids is 1. The molecule has 0 saturated carbocycles. The van der Waals surface area contributed by atoms with Crippen molar-refractivity contribution in [3.8, 4) is 5.75 Å². The first-order chi connectivity index (χ1) is 10.5. The molecule has 0 radical (unpaired) electrons. The van der Waals surface area contributed by atoms with Crippen molar-refractivity contribution in [2.75, 3.05) is 11.9 Å². The van der Waals surface area contributed by atoms with Crippen LogP contribution in [0.4, 0.5) is 10.1 Å². The van der Waals surface area contributed by atoms with Crippen LogP contribution in [-0.2, 0) is 4.79 Å². The Labute approximate surface area is 130 Å². The first kappa shape index (κ1) is 15.8. The van der Waals surface area contributed by atoms with Crippen molar-refractivity contribution < 1.29 is 23.8 Å². The van der Waals surface area contributed by atoms with E-state index in [1.807, 2.05) is 0 Å². The maximum Gasteiger partial charge on any atom is 0.339 e. The molecule has 2 rings (SSSR count). The van der Waals surface area contributed by atoms with Crippen molar-refractivity contribution >= 4 is 29.2 Å². The molecular formula is C15H11ClFNO4. The van der Waals surface area contributed by atoms with Crippen LogP contribution < -0.4 is 10.1 Å². The highest BCUT2D eigenvalue weighted by Crippen LogP contribution is 2.23. The van der Waals surface area contributed by atoms with Crippen LogP contribution in [0, 0.1) is 5.82 Å². The van der Waals surface area contributed by atoms with Gasteiger partial charge in [-0.15, -0.1) is 0 Å². The van der Waals surface area contributed by atoms with Gasteiger partial charge in [-0.25, -0.2) is 9.18 Å². The summed E-state index contributed by atoms with van der Waals surface area (Å²) >= 11 is 5.77. The molecule has 0 aliphatic heterocycles. The van der Waals surface area contributed by atoms with Crippen molar-refractivity contribution in [3.63, 3.8) is 0 Å². The number of carboxylic acid groups (broad SMARTS) is 1. The van der Waals surface area contributed by atoms with Gasteiger partial charge in [-0.3, -0.25) is 4.79 Å². The van der Waals surface area contributed by atoms with Gasteiger partial charge >= 0.3 is 5.97 Å². The number of ether oxygens (including phenoxy) is 1. The van der Waals surface area contributed by atoms with Crippen molar-refractivity contribution in [1.82, 2.24) is 0 Å². The molecule has 7 heteroatoms. The molecule has 0 unspecified atom stereocenters. The molecule has 0 aliphatic rings. The third-order valence-corrected chi connectivity index (χ3v) is 2.90. The fourth-order valence-electron chi connectivity index (χ4n) is 1.67. The normalized spacial score (nSPS) is 10.1. The number of anilines is 1. The second kappa shape index (κ2) is 6.91. The monoisotopic (exact) mass is 323 g/mol. The van der Waals surface area contributed by atoms with Crippen LogP contribution in [0.1, 0.15) is 10.4 Å². The van der Waals surface area contributed by atoms with E-state index < -0.39 is 24.3 Å². The van der Waals surface area contributed by atoms with E-state index in [9.17, 15) is 14.0 Å². The number of hydrogen-bond donors (Lipinski definition) is 2. The zero-order valence-corrected chi connectivity index (χ0v) is 11.9. The number of carboxylic acids is 1. The number of carbonyl (C=O) groups is 2. The zero-order chi connectivity index (χ0) is 16.1. The Kier molecular flexibility index (Phi) is 4.95. The lowest BCUT2D eigenvalue weighted by atomic mass is 10.2. The van der Waals surface area contributed by atoms with Crippen LogP contribution in [0.25, 0.3) is 0 Å². The summed E-state index contributed by atoms with van der Waals surface area (Å²) in [4.78, 5) is 22.8. The Morgan fingerprint density at radius 2 is 1.86 bits per heavy atom. The van der Waals surface area contributed by atoms with Crippen LogP contribution in [0.5, 0.6) is 5.75 Å². The highest BCUT2D eigenvalue weighted by molar-refractivity contribution is 6.30. The SMILES string of the molecule is O=C(COc1cc(Cl)ccc1C(=O)O)Nc1ccc(F)cc1. The third kappa shape index (κ3) is 4.20. The molecule has 2 aromatic rings. The Morgan fingerprint density at radius 3 is 2.50 bits per heavy atom. The number of rotatable bonds is 5. The van der Waals surface area contributed by atoms with Crippen molar-refractivity contribution in [3.05, 3.63) is 58.9 Å². The van der Waals surface area contributed by atoms with Crippen LogP contribution >= 0.6 is 11.6 Å². The molecule has 2 aromatic carbocycles. The molecule has 1 amide bonds. The van der Waals surface area contributed by atoms with E-state index in [2.05, 4.69) is 5.32 Å². The standard InChI is InChI=1S/C15H11ClFNO4/c16-9-1-6-12(15(20)21)13(7-9)22-8-14(19)18-11-4-2-10(17)3-5-11/h1-7H,8H2,(H,18,19)(H,20,21). The van der Waals surface area contributed by atoms with Gasteiger partial charge in [0.15, 0.2) is 6.61 Å². The van der Waals surface area contributed by atoms with Gasteiger partial charge in [0, 0.05) is 10.7 Å². The predicted molar refractivity (Wildman–Crippen MR) is 78.9 cm³/mol. The molecule has 2 N–H and O–H groups in total. The van der Waals surface area contributed by atoms with Gasteiger partial charge in [-0.2, -0.15) is 0 Å². The van der Waals surface area contributed by atoms with Gasteiger partial charge in [0.1, 0.15) is 17.1 Å². The van der Waals surface area contributed by atoms with Crippen molar-refractivity contribution in [2.24, 2.45) is 0 Å². The number of benzene rings is 2. The quantitative estimate of drug-likeness (QED) is 0.886. The molecule has 0 fully saturated rings. The summed E-state index contributed by atoms with van der Waals surface area (Å²) in [6.45, 7) is -0.405. The smallest absolute Gasteiger partial charge is 0.339 e. The Hall–Kier alpha value is -2.60. The summed E-state index contributed by atoms with van der Waals surface area (Å²) in [5.41, 5.74) is 0.304. The van der Waals surface area contributed by atoms with Gasteiger partial charge in [-0.05, 0) is 42.5 Å². The molecular weight excluding hydrogens is 313 g/mol. The molecule has 0 aliphatic carbocycles. The first-order valence-electron chi connectivity index (χ1n) is 6.17. The van der Waals surface area contributed by atoms with Gasteiger partial charge in [0.05, 0.1) is 0 Å².